The Hall–Kier alpha value is -2.81. The fourth-order valence-electron chi connectivity index (χ4n) is 6.28. The number of carbonyl (C=O) groups is 1. The Morgan fingerprint density at radius 1 is 0.944 bits per heavy atom. The van der Waals surface area contributed by atoms with Gasteiger partial charge < -0.3 is 4.74 Å². The van der Waals surface area contributed by atoms with Crippen LogP contribution in [0.25, 0.3) is 0 Å². The normalized spacial score (nSPS) is 23.5. The largest absolute Gasteiger partial charge is 0.423 e. The van der Waals surface area contributed by atoms with Gasteiger partial charge in [-0.15, -0.1) is 0 Å². The third kappa shape index (κ3) is 6.11. The SMILES string of the molecule is CCCCCCC1CCC2CC(c3c(F)cc(C(=O)Oc4ccc(C#N)c(F)c4)cc3F)CCC2C1. The zero-order valence-corrected chi connectivity index (χ0v) is 20.9. The molecular weight excluding hydrogens is 463 g/mol. The van der Waals surface area contributed by atoms with Gasteiger partial charge in [-0.1, -0.05) is 45.4 Å². The first-order valence-electron chi connectivity index (χ1n) is 13.3. The summed E-state index contributed by atoms with van der Waals surface area (Å²) in [6.07, 6.45) is 12.6. The number of carbonyl (C=O) groups excluding carboxylic acids is 1. The molecule has 0 aliphatic heterocycles. The fourth-order valence-corrected chi connectivity index (χ4v) is 6.28. The molecule has 0 saturated heterocycles. The second-order valence-corrected chi connectivity index (χ2v) is 10.6. The van der Waals surface area contributed by atoms with Gasteiger partial charge in [-0.3, -0.25) is 0 Å². The van der Waals surface area contributed by atoms with E-state index in [0.29, 0.717) is 11.8 Å². The molecule has 0 radical (unpaired) electrons. The molecule has 2 aromatic rings. The first-order valence-corrected chi connectivity index (χ1v) is 13.3. The van der Waals surface area contributed by atoms with E-state index in [2.05, 4.69) is 6.92 Å². The maximum absolute atomic E-state index is 15.1. The lowest BCUT2D eigenvalue weighted by Gasteiger charge is -2.42. The lowest BCUT2D eigenvalue weighted by molar-refractivity contribution is 0.0733. The molecule has 192 valence electrons. The number of esters is 1. The molecule has 36 heavy (non-hydrogen) atoms. The van der Waals surface area contributed by atoms with Crippen LogP contribution >= 0.6 is 0 Å². The number of halogens is 3. The van der Waals surface area contributed by atoms with Gasteiger partial charge in [0, 0.05) is 11.6 Å². The third-order valence-electron chi connectivity index (χ3n) is 8.18. The number of nitriles is 1. The van der Waals surface area contributed by atoms with Crippen molar-refractivity contribution in [3.8, 4) is 11.8 Å². The van der Waals surface area contributed by atoms with Crippen LogP contribution in [0.2, 0.25) is 0 Å². The maximum atomic E-state index is 15.1. The Bertz CT molecular complexity index is 1100. The quantitative estimate of drug-likeness (QED) is 0.209. The number of hydrogen-bond donors (Lipinski definition) is 0. The molecule has 2 aliphatic rings. The summed E-state index contributed by atoms with van der Waals surface area (Å²) in [5.74, 6) is -1.67. The number of ether oxygens (including phenoxy) is 1. The van der Waals surface area contributed by atoms with Gasteiger partial charge in [-0.25, -0.2) is 18.0 Å². The average molecular weight is 498 g/mol. The molecule has 0 spiro atoms. The van der Waals surface area contributed by atoms with Crippen LogP contribution in [0.15, 0.2) is 30.3 Å². The summed E-state index contributed by atoms with van der Waals surface area (Å²) in [5.41, 5.74) is -0.390. The van der Waals surface area contributed by atoms with Crippen molar-refractivity contribution >= 4 is 5.97 Å². The van der Waals surface area contributed by atoms with E-state index in [9.17, 15) is 9.18 Å². The molecule has 2 aliphatic carbocycles. The van der Waals surface area contributed by atoms with Crippen LogP contribution in [0.5, 0.6) is 5.75 Å². The molecule has 4 unspecified atom stereocenters. The van der Waals surface area contributed by atoms with E-state index in [1.807, 2.05) is 0 Å². The first kappa shape index (κ1) is 26.3. The molecule has 3 nitrogen and oxygen atoms in total. The minimum absolute atomic E-state index is 0.0658. The predicted octanol–water partition coefficient (Wildman–Crippen LogP) is 8.47. The fraction of sp³-hybridized carbons (Fsp3) is 0.533. The summed E-state index contributed by atoms with van der Waals surface area (Å²) in [5, 5.41) is 8.81. The molecule has 0 heterocycles. The summed E-state index contributed by atoms with van der Waals surface area (Å²) < 4.78 is 49.1. The summed E-state index contributed by atoms with van der Waals surface area (Å²) in [6, 6.07) is 7.05. The van der Waals surface area contributed by atoms with Crippen LogP contribution < -0.4 is 4.74 Å². The summed E-state index contributed by atoms with van der Waals surface area (Å²) >= 11 is 0. The lowest BCUT2D eigenvalue weighted by Crippen LogP contribution is -2.31. The zero-order chi connectivity index (χ0) is 25.7. The van der Waals surface area contributed by atoms with Crippen molar-refractivity contribution in [3.05, 3.63) is 64.5 Å². The van der Waals surface area contributed by atoms with Crippen LogP contribution in [0.3, 0.4) is 0 Å². The molecule has 0 aromatic heterocycles. The topological polar surface area (TPSA) is 50.1 Å². The minimum Gasteiger partial charge on any atom is -0.423 e. The van der Waals surface area contributed by atoms with Gasteiger partial charge in [0.1, 0.15) is 29.3 Å². The maximum Gasteiger partial charge on any atom is 0.343 e. The second-order valence-electron chi connectivity index (χ2n) is 10.6. The van der Waals surface area contributed by atoms with E-state index in [0.717, 1.165) is 49.8 Å². The van der Waals surface area contributed by atoms with Crippen molar-refractivity contribution in [2.24, 2.45) is 17.8 Å². The predicted molar refractivity (Wildman–Crippen MR) is 132 cm³/mol. The van der Waals surface area contributed by atoms with Gasteiger partial charge in [0.15, 0.2) is 0 Å². The third-order valence-corrected chi connectivity index (χ3v) is 8.18. The van der Waals surface area contributed by atoms with Gasteiger partial charge in [-0.2, -0.15) is 5.26 Å². The molecule has 4 rings (SSSR count). The number of unbranched alkanes of at least 4 members (excludes halogenated alkanes) is 3. The number of benzene rings is 2. The van der Waals surface area contributed by atoms with Crippen LogP contribution in [0.1, 0.15) is 105 Å². The van der Waals surface area contributed by atoms with E-state index >= 15 is 8.78 Å². The van der Waals surface area contributed by atoms with E-state index < -0.39 is 23.4 Å². The van der Waals surface area contributed by atoms with Crippen molar-refractivity contribution in [1.29, 1.82) is 5.26 Å². The van der Waals surface area contributed by atoms with E-state index in [-0.39, 0.29) is 28.4 Å². The van der Waals surface area contributed by atoms with Gasteiger partial charge in [-0.05, 0) is 80.0 Å². The molecule has 4 atom stereocenters. The number of fused-ring (bicyclic) bond motifs is 1. The Morgan fingerprint density at radius 2 is 1.67 bits per heavy atom. The molecule has 0 bridgehead atoms. The van der Waals surface area contributed by atoms with Crippen molar-refractivity contribution in [3.63, 3.8) is 0 Å². The average Bonchev–Trinajstić information content (AvgIpc) is 2.86. The van der Waals surface area contributed by atoms with E-state index in [1.165, 1.54) is 57.1 Å². The molecule has 2 fully saturated rings. The number of rotatable bonds is 8. The Kier molecular flexibility index (Phi) is 8.72. The highest BCUT2D eigenvalue weighted by Crippen LogP contribution is 2.49. The minimum atomic E-state index is -0.982. The van der Waals surface area contributed by atoms with Crippen LogP contribution in [-0.4, -0.2) is 5.97 Å². The van der Waals surface area contributed by atoms with Gasteiger partial charge in [0.2, 0.25) is 0 Å². The Balaban J connectivity index is 1.38. The zero-order valence-electron chi connectivity index (χ0n) is 20.9. The lowest BCUT2D eigenvalue weighted by atomic mass is 9.63. The van der Waals surface area contributed by atoms with Crippen molar-refractivity contribution < 1.29 is 22.7 Å². The van der Waals surface area contributed by atoms with E-state index in [1.54, 1.807) is 6.07 Å². The summed E-state index contributed by atoms with van der Waals surface area (Å²) in [4.78, 5) is 12.5. The van der Waals surface area contributed by atoms with Crippen LogP contribution in [0.4, 0.5) is 13.2 Å². The summed E-state index contributed by atoms with van der Waals surface area (Å²) in [6.45, 7) is 2.23. The highest BCUT2D eigenvalue weighted by molar-refractivity contribution is 5.91. The van der Waals surface area contributed by atoms with Gasteiger partial charge in [0.25, 0.3) is 0 Å². The molecular formula is C30H34F3NO2. The monoisotopic (exact) mass is 497 g/mol. The number of hydrogen-bond acceptors (Lipinski definition) is 3. The molecule has 0 N–H and O–H groups in total. The van der Waals surface area contributed by atoms with Crippen molar-refractivity contribution in [2.75, 3.05) is 0 Å². The molecule has 6 heteroatoms. The smallest absolute Gasteiger partial charge is 0.343 e. The molecule has 0 amide bonds. The standard InChI is InChI=1S/C30H34F3NO2/c1-2-3-4-5-6-19-7-8-21-14-22(10-9-20(21)13-19)29-27(32)15-24(16-28(29)33)30(35)36-25-12-11-23(18-34)26(31)17-25/h11-12,15-17,19-22H,2-10,13-14H2,1H3. The molecule has 2 saturated carbocycles. The first-order chi connectivity index (χ1) is 17.4. The van der Waals surface area contributed by atoms with Gasteiger partial charge >= 0.3 is 5.97 Å². The van der Waals surface area contributed by atoms with Crippen LogP contribution in [-0.2, 0) is 0 Å². The summed E-state index contributed by atoms with van der Waals surface area (Å²) in [7, 11) is 0. The van der Waals surface area contributed by atoms with Crippen molar-refractivity contribution in [1.82, 2.24) is 0 Å². The van der Waals surface area contributed by atoms with Crippen LogP contribution in [0, 0.1) is 46.5 Å². The highest BCUT2D eigenvalue weighted by Gasteiger charge is 2.37. The highest BCUT2D eigenvalue weighted by atomic mass is 19.1. The Morgan fingerprint density at radius 3 is 2.36 bits per heavy atom. The Labute approximate surface area is 211 Å². The van der Waals surface area contributed by atoms with Gasteiger partial charge in [0.05, 0.1) is 11.1 Å². The molecule has 2 aromatic carbocycles. The second kappa shape index (κ2) is 12.0. The van der Waals surface area contributed by atoms with Crippen molar-refractivity contribution in [2.45, 2.75) is 83.5 Å². The van der Waals surface area contributed by atoms with E-state index in [4.69, 9.17) is 10.00 Å². The number of nitrogens with zero attached hydrogens (tertiary/aromatic N) is 1.